The third-order valence-corrected chi connectivity index (χ3v) is 1.81. The number of aryl methyl sites for hydroxylation is 1. The van der Waals surface area contributed by atoms with Gasteiger partial charge in [0.2, 0.25) is 11.8 Å². The average Bonchev–Trinajstić information content (AvgIpc) is 2.65. The van der Waals surface area contributed by atoms with Gasteiger partial charge in [-0.15, -0.1) is 0 Å². The van der Waals surface area contributed by atoms with E-state index in [0.717, 1.165) is 0 Å². The maximum Gasteiger partial charge on any atom is 0.236 e. The molecule has 2 aromatic rings. The van der Waals surface area contributed by atoms with Crippen molar-refractivity contribution in [1.29, 1.82) is 0 Å². The molecule has 6 nitrogen and oxygen atoms in total. The van der Waals surface area contributed by atoms with Gasteiger partial charge in [0.1, 0.15) is 12.2 Å². The number of nitrogens with zero attached hydrogens (tertiary/aromatic N) is 3. The number of anilines is 1. The molecule has 0 aliphatic rings. The van der Waals surface area contributed by atoms with Gasteiger partial charge in [0.05, 0.1) is 0 Å². The number of carbonyl (C=O) groups excluding carboxylic acids is 1. The third kappa shape index (κ3) is 2.63. The zero-order valence-electron chi connectivity index (χ0n) is 8.67. The number of rotatable bonds is 3. The summed E-state index contributed by atoms with van der Waals surface area (Å²) in [5.41, 5.74) is 0. The minimum atomic E-state index is -0.234. The molecule has 0 spiro atoms. The van der Waals surface area contributed by atoms with Crippen LogP contribution < -0.4 is 5.32 Å². The number of nitrogens with one attached hydrogen (secondary N) is 1. The van der Waals surface area contributed by atoms with E-state index in [9.17, 15) is 4.79 Å². The first kappa shape index (κ1) is 10.3. The van der Waals surface area contributed by atoms with E-state index in [1.165, 1.54) is 0 Å². The minimum absolute atomic E-state index is 0.0530. The standard InChI is InChI=1S/C10H10N4O2/c1-7-12-10(16-14-7)6-9(15)13-8-4-2-3-5-11-8/h2-5H,6H2,1H3,(H,11,13,15). The fourth-order valence-corrected chi connectivity index (χ4v) is 1.17. The summed E-state index contributed by atoms with van der Waals surface area (Å²) < 4.78 is 4.83. The number of pyridine rings is 1. The van der Waals surface area contributed by atoms with Crippen LogP contribution in [-0.2, 0) is 11.2 Å². The van der Waals surface area contributed by atoms with Gasteiger partial charge in [0.25, 0.3) is 0 Å². The van der Waals surface area contributed by atoms with E-state index in [1.54, 1.807) is 31.3 Å². The predicted molar refractivity (Wildman–Crippen MR) is 55.6 cm³/mol. The van der Waals surface area contributed by atoms with Gasteiger partial charge in [-0.05, 0) is 19.1 Å². The van der Waals surface area contributed by atoms with Crippen LogP contribution >= 0.6 is 0 Å². The molecule has 0 aliphatic carbocycles. The first-order valence-electron chi connectivity index (χ1n) is 4.74. The lowest BCUT2D eigenvalue weighted by Gasteiger charge is -2.00. The highest BCUT2D eigenvalue weighted by atomic mass is 16.5. The van der Waals surface area contributed by atoms with Crippen molar-refractivity contribution in [2.75, 3.05) is 5.32 Å². The highest BCUT2D eigenvalue weighted by Gasteiger charge is 2.09. The molecule has 0 unspecified atom stereocenters. The van der Waals surface area contributed by atoms with Crippen molar-refractivity contribution < 1.29 is 9.32 Å². The molecule has 0 aromatic carbocycles. The van der Waals surface area contributed by atoms with Crippen molar-refractivity contribution in [3.63, 3.8) is 0 Å². The van der Waals surface area contributed by atoms with Crippen LogP contribution in [0.2, 0.25) is 0 Å². The van der Waals surface area contributed by atoms with Crippen molar-refractivity contribution in [2.24, 2.45) is 0 Å². The number of hydrogen-bond acceptors (Lipinski definition) is 5. The molecule has 0 bridgehead atoms. The molecule has 0 aliphatic heterocycles. The van der Waals surface area contributed by atoms with Gasteiger partial charge in [0, 0.05) is 6.20 Å². The fraction of sp³-hybridized carbons (Fsp3) is 0.200. The lowest BCUT2D eigenvalue weighted by atomic mass is 10.4. The van der Waals surface area contributed by atoms with Crippen LogP contribution in [0.1, 0.15) is 11.7 Å². The van der Waals surface area contributed by atoms with Crippen molar-refractivity contribution in [1.82, 2.24) is 15.1 Å². The molecule has 1 N–H and O–H groups in total. The van der Waals surface area contributed by atoms with Crippen LogP contribution in [0.15, 0.2) is 28.9 Å². The van der Waals surface area contributed by atoms with Crippen LogP contribution in [0.4, 0.5) is 5.82 Å². The zero-order chi connectivity index (χ0) is 11.4. The number of hydrogen-bond donors (Lipinski definition) is 1. The molecule has 0 radical (unpaired) electrons. The molecule has 16 heavy (non-hydrogen) atoms. The molecular formula is C10H10N4O2. The van der Waals surface area contributed by atoms with E-state index in [4.69, 9.17) is 4.52 Å². The monoisotopic (exact) mass is 218 g/mol. The van der Waals surface area contributed by atoms with Gasteiger partial charge in [-0.25, -0.2) is 4.98 Å². The molecule has 1 amide bonds. The largest absolute Gasteiger partial charge is 0.339 e. The van der Waals surface area contributed by atoms with Crippen molar-refractivity contribution >= 4 is 11.7 Å². The summed E-state index contributed by atoms with van der Waals surface area (Å²) in [6.07, 6.45) is 1.66. The Hall–Kier alpha value is -2.24. The normalized spacial score (nSPS) is 10.1. The van der Waals surface area contributed by atoms with Crippen molar-refractivity contribution in [3.05, 3.63) is 36.1 Å². The lowest BCUT2D eigenvalue weighted by Crippen LogP contribution is -2.15. The Morgan fingerprint density at radius 1 is 1.50 bits per heavy atom. The van der Waals surface area contributed by atoms with E-state index in [0.29, 0.717) is 17.5 Å². The smallest absolute Gasteiger partial charge is 0.236 e. The van der Waals surface area contributed by atoms with E-state index in [-0.39, 0.29) is 12.3 Å². The Morgan fingerprint density at radius 3 is 3.00 bits per heavy atom. The van der Waals surface area contributed by atoms with Crippen LogP contribution in [0.25, 0.3) is 0 Å². The zero-order valence-corrected chi connectivity index (χ0v) is 8.67. The van der Waals surface area contributed by atoms with Gasteiger partial charge in [-0.3, -0.25) is 4.79 Å². The fourth-order valence-electron chi connectivity index (χ4n) is 1.17. The molecule has 82 valence electrons. The second-order valence-electron chi connectivity index (χ2n) is 3.18. The molecular weight excluding hydrogens is 208 g/mol. The Bertz CT molecular complexity index is 481. The van der Waals surface area contributed by atoms with Gasteiger partial charge in [-0.1, -0.05) is 11.2 Å². The van der Waals surface area contributed by atoms with Crippen LogP contribution in [0, 0.1) is 6.92 Å². The first-order chi connectivity index (χ1) is 7.74. The van der Waals surface area contributed by atoms with Crippen LogP contribution in [0.5, 0.6) is 0 Å². The quantitative estimate of drug-likeness (QED) is 0.829. The Balaban J connectivity index is 1.95. The van der Waals surface area contributed by atoms with Crippen molar-refractivity contribution in [2.45, 2.75) is 13.3 Å². The second kappa shape index (κ2) is 4.52. The number of aromatic nitrogens is 3. The molecule has 6 heteroatoms. The second-order valence-corrected chi connectivity index (χ2v) is 3.18. The lowest BCUT2D eigenvalue weighted by molar-refractivity contribution is -0.115. The minimum Gasteiger partial charge on any atom is -0.339 e. The molecule has 2 rings (SSSR count). The van der Waals surface area contributed by atoms with Crippen LogP contribution in [-0.4, -0.2) is 21.0 Å². The highest BCUT2D eigenvalue weighted by Crippen LogP contribution is 2.02. The maximum atomic E-state index is 11.5. The third-order valence-electron chi connectivity index (χ3n) is 1.81. The van der Waals surface area contributed by atoms with Crippen LogP contribution in [0.3, 0.4) is 0 Å². The number of amides is 1. The molecule has 2 aromatic heterocycles. The van der Waals surface area contributed by atoms with Gasteiger partial charge in [0.15, 0.2) is 5.82 Å². The van der Waals surface area contributed by atoms with Gasteiger partial charge in [-0.2, -0.15) is 4.98 Å². The predicted octanol–water partition coefficient (Wildman–Crippen LogP) is 0.954. The van der Waals surface area contributed by atoms with E-state index in [1.807, 2.05) is 0 Å². The molecule has 0 saturated heterocycles. The molecule has 2 heterocycles. The summed E-state index contributed by atoms with van der Waals surface area (Å²) in [6, 6.07) is 5.27. The Kier molecular flexibility index (Phi) is 2.90. The summed E-state index contributed by atoms with van der Waals surface area (Å²) in [7, 11) is 0. The summed E-state index contributed by atoms with van der Waals surface area (Å²) in [5, 5.41) is 6.22. The Morgan fingerprint density at radius 2 is 2.38 bits per heavy atom. The first-order valence-corrected chi connectivity index (χ1v) is 4.74. The summed E-state index contributed by atoms with van der Waals surface area (Å²) >= 11 is 0. The van der Waals surface area contributed by atoms with E-state index >= 15 is 0 Å². The molecule has 0 atom stereocenters. The highest BCUT2D eigenvalue weighted by molar-refractivity contribution is 5.90. The molecule has 0 fully saturated rings. The average molecular weight is 218 g/mol. The van der Waals surface area contributed by atoms with E-state index < -0.39 is 0 Å². The summed E-state index contributed by atoms with van der Waals surface area (Å²) in [5.74, 6) is 1.08. The maximum absolute atomic E-state index is 11.5. The van der Waals surface area contributed by atoms with Crippen molar-refractivity contribution in [3.8, 4) is 0 Å². The summed E-state index contributed by atoms with van der Waals surface area (Å²) in [6.45, 7) is 1.70. The number of carbonyl (C=O) groups is 1. The summed E-state index contributed by atoms with van der Waals surface area (Å²) in [4.78, 5) is 19.4. The van der Waals surface area contributed by atoms with E-state index in [2.05, 4.69) is 20.4 Å². The topological polar surface area (TPSA) is 80.9 Å². The van der Waals surface area contributed by atoms with Gasteiger partial charge < -0.3 is 9.84 Å². The van der Waals surface area contributed by atoms with Gasteiger partial charge >= 0.3 is 0 Å². The Labute approximate surface area is 91.7 Å². The molecule has 0 saturated carbocycles. The SMILES string of the molecule is Cc1noc(CC(=O)Nc2ccccn2)n1.